The molecule has 216 valence electrons. The van der Waals surface area contributed by atoms with E-state index in [9.17, 15) is 40.6 Å². The molecule has 3 aromatic rings. The van der Waals surface area contributed by atoms with Gasteiger partial charge in [-0.15, -0.1) is 5.10 Å². The van der Waals surface area contributed by atoms with Crippen LogP contribution in [0.15, 0.2) is 36.7 Å². The predicted octanol–water partition coefficient (Wildman–Crippen LogP) is 4.32. The Morgan fingerprint density at radius 3 is 2.30 bits per heavy atom. The zero-order chi connectivity index (χ0) is 29.6. The number of nitrogens with one attached hydrogen (secondary N) is 2. The number of aliphatic hydroxyl groups excluding tert-OH is 1. The van der Waals surface area contributed by atoms with E-state index in [-0.39, 0.29) is 29.3 Å². The normalized spacial score (nSPS) is 20.0. The third-order valence-electron chi connectivity index (χ3n) is 6.34. The van der Waals surface area contributed by atoms with Crippen molar-refractivity contribution in [3.05, 3.63) is 48.3 Å². The molecule has 3 atom stereocenters. The summed E-state index contributed by atoms with van der Waals surface area (Å²) in [5.74, 6) is -4.66. The van der Waals surface area contributed by atoms with Gasteiger partial charge in [-0.3, -0.25) is 10.1 Å². The summed E-state index contributed by atoms with van der Waals surface area (Å²) in [7, 11) is 0. The fourth-order valence-corrected chi connectivity index (χ4v) is 3.93. The number of amides is 1. The number of rotatable bonds is 6. The molecule has 0 aliphatic carbocycles. The number of carbonyl (C=O) groups is 1. The molecule has 9 nitrogen and oxygen atoms in total. The Hall–Kier alpha value is -3.79. The van der Waals surface area contributed by atoms with Crippen LogP contribution in [0.1, 0.15) is 26.6 Å². The maximum Gasteiger partial charge on any atom is 0.451 e. The number of hydrogen-bond donors (Lipinski definition) is 3. The van der Waals surface area contributed by atoms with Crippen LogP contribution < -0.4 is 15.4 Å². The summed E-state index contributed by atoms with van der Waals surface area (Å²) in [6.45, 7) is 3.32. The smallest absolute Gasteiger partial charge is 0.451 e. The highest BCUT2D eigenvalue weighted by Crippen LogP contribution is 2.37. The quantitative estimate of drug-likeness (QED) is 0.375. The number of carbonyl (C=O) groups excluding carboxylic acids is 1. The Labute approximate surface area is 222 Å². The molecule has 1 saturated heterocycles. The Balaban J connectivity index is 1.76. The molecule has 3 N–H and O–H groups in total. The Bertz CT molecular complexity index is 1390. The van der Waals surface area contributed by atoms with Crippen LogP contribution in [-0.4, -0.2) is 55.3 Å². The summed E-state index contributed by atoms with van der Waals surface area (Å²) in [5.41, 5.74) is -2.93. The molecule has 1 amide bonds. The van der Waals surface area contributed by atoms with Crippen molar-refractivity contribution < 1.29 is 45.4 Å². The second-order valence-electron chi connectivity index (χ2n) is 9.68. The van der Waals surface area contributed by atoms with E-state index >= 15 is 0 Å². The molecule has 16 heteroatoms. The molecule has 1 aliphatic rings. The summed E-state index contributed by atoms with van der Waals surface area (Å²) in [5, 5.41) is 19.3. The summed E-state index contributed by atoms with van der Waals surface area (Å²) in [6.07, 6.45) is -8.96. The van der Waals surface area contributed by atoms with Gasteiger partial charge in [0.2, 0.25) is 11.7 Å². The summed E-state index contributed by atoms with van der Waals surface area (Å²) < 4.78 is 99.6. The lowest BCUT2D eigenvalue weighted by molar-refractivity contribution is -0.234. The van der Waals surface area contributed by atoms with E-state index in [2.05, 4.69) is 25.7 Å². The standard InChI is InChI=1S/C24H23F7N6O3/c1-11-16(10-32-19(11)38)20(39)35-18-7-17(37(36-18)14-8-33-21(34-9-14)23(26,27)28)12-4-13(25)6-15(5-12)40-22(2,3)24(29,30)31/h4-9,11,16,19,32,38H,10H2,1-3H3,(H,35,36,39)/t11-,16+,19?/m1/s1. The van der Waals surface area contributed by atoms with E-state index < -0.39 is 59.3 Å². The summed E-state index contributed by atoms with van der Waals surface area (Å²) in [4.78, 5) is 19.4. The zero-order valence-corrected chi connectivity index (χ0v) is 21.1. The van der Waals surface area contributed by atoms with E-state index in [0.29, 0.717) is 0 Å². The van der Waals surface area contributed by atoms with E-state index in [4.69, 9.17) is 4.74 Å². The van der Waals surface area contributed by atoms with Crippen molar-refractivity contribution in [2.24, 2.45) is 11.8 Å². The van der Waals surface area contributed by atoms with Gasteiger partial charge in [-0.05, 0) is 26.0 Å². The first-order valence-corrected chi connectivity index (χ1v) is 11.7. The number of alkyl halides is 6. The van der Waals surface area contributed by atoms with Crippen LogP contribution in [0.3, 0.4) is 0 Å². The molecule has 0 saturated carbocycles. The van der Waals surface area contributed by atoms with Gasteiger partial charge in [-0.2, -0.15) is 26.3 Å². The number of aliphatic hydroxyl groups is 1. The van der Waals surface area contributed by atoms with Gasteiger partial charge in [0.25, 0.3) is 0 Å². The van der Waals surface area contributed by atoms with Crippen molar-refractivity contribution in [2.45, 2.75) is 45.0 Å². The number of hydrogen-bond acceptors (Lipinski definition) is 7. The Kier molecular flexibility index (Phi) is 7.53. The fraction of sp³-hybridized carbons (Fsp3) is 0.417. The molecule has 1 aromatic carbocycles. The van der Waals surface area contributed by atoms with Gasteiger partial charge < -0.3 is 15.2 Å². The van der Waals surface area contributed by atoms with Gasteiger partial charge in [0.05, 0.1) is 24.0 Å². The molecule has 3 heterocycles. The minimum absolute atomic E-state index is 0.0366. The van der Waals surface area contributed by atoms with Crippen molar-refractivity contribution in [2.75, 3.05) is 11.9 Å². The minimum atomic E-state index is -4.83. The third-order valence-corrected chi connectivity index (χ3v) is 6.34. The molecular formula is C24H23F7N6O3. The van der Waals surface area contributed by atoms with Crippen molar-refractivity contribution in [1.82, 2.24) is 25.1 Å². The number of anilines is 1. The zero-order valence-electron chi connectivity index (χ0n) is 21.1. The number of nitrogens with zero attached hydrogens (tertiary/aromatic N) is 4. The topological polar surface area (TPSA) is 114 Å². The molecule has 1 fully saturated rings. The van der Waals surface area contributed by atoms with Gasteiger partial charge in [-0.25, -0.2) is 19.0 Å². The lowest BCUT2D eigenvalue weighted by Crippen LogP contribution is -2.44. The average Bonchev–Trinajstić information content (AvgIpc) is 3.40. The van der Waals surface area contributed by atoms with Crippen LogP contribution in [-0.2, 0) is 11.0 Å². The lowest BCUT2D eigenvalue weighted by atomic mass is 9.96. The fourth-order valence-electron chi connectivity index (χ4n) is 3.93. The number of halogens is 7. The maximum absolute atomic E-state index is 14.6. The van der Waals surface area contributed by atoms with Gasteiger partial charge in [0, 0.05) is 30.2 Å². The van der Waals surface area contributed by atoms with Crippen LogP contribution >= 0.6 is 0 Å². The van der Waals surface area contributed by atoms with E-state index in [0.717, 1.165) is 49.1 Å². The first-order chi connectivity index (χ1) is 18.5. The van der Waals surface area contributed by atoms with Gasteiger partial charge in [0.15, 0.2) is 11.4 Å². The Morgan fingerprint density at radius 2 is 1.75 bits per heavy atom. The first kappa shape index (κ1) is 29.2. The highest BCUT2D eigenvalue weighted by molar-refractivity contribution is 5.93. The highest BCUT2D eigenvalue weighted by Gasteiger charge is 2.50. The number of benzene rings is 1. The second-order valence-corrected chi connectivity index (χ2v) is 9.68. The van der Waals surface area contributed by atoms with E-state index in [1.807, 2.05) is 0 Å². The first-order valence-electron chi connectivity index (χ1n) is 11.7. The van der Waals surface area contributed by atoms with E-state index in [1.165, 1.54) is 6.07 Å². The number of ether oxygens (including phenoxy) is 1. The maximum atomic E-state index is 14.6. The van der Waals surface area contributed by atoms with Crippen molar-refractivity contribution in [3.8, 4) is 22.7 Å². The third kappa shape index (κ3) is 6.01. The molecular weight excluding hydrogens is 553 g/mol. The van der Waals surface area contributed by atoms with Gasteiger partial charge >= 0.3 is 12.4 Å². The molecule has 4 rings (SSSR count). The monoisotopic (exact) mass is 576 g/mol. The summed E-state index contributed by atoms with van der Waals surface area (Å²) in [6, 6.07) is 4.00. The number of aromatic nitrogens is 4. The molecule has 0 bridgehead atoms. The molecule has 0 radical (unpaired) electrons. The SMILES string of the molecule is C[C@H]1C(O)NC[C@@H]1C(=O)Nc1cc(-c2cc(F)cc(OC(C)(C)C(F)(F)F)c2)n(-c2cnc(C(F)(F)F)nc2)n1. The Morgan fingerprint density at radius 1 is 1.10 bits per heavy atom. The van der Waals surface area contributed by atoms with Gasteiger partial charge in [-0.1, -0.05) is 6.92 Å². The van der Waals surface area contributed by atoms with Crippen molar-refractivity contribution in [3.63, 3.8) is 0 Å². The molecule has 1 aliphatic heterocycles. The average molecular weight is 576 g/mol. The predicted molar refractivity (Wildman–Crippen MR) is 126 cm³/mol. The molecule has 1 unspecified atom stereocenters. The highest BCUT2D eigenvalue weighted by atomic mass is 19.4. The minimum Gasteiger partial charge on any atom is -0.478 e. The van der Waals surface area contributed by atoms with Crippen LogP contribution in [0.2, 0.25) is 0 Å². The molecule has 40 heavy (non-hydrogen) atoms. The largest absolute Gasteiger partial charge is 0.478 e. The van der Waals surface area contributed by atoms with Crippen molar-refractivity contribution >= 4 is 11.7 Å². The second kappa shape index (κ2) is 10.3. The molecule has 2 aromatic heterocycles. The van der Waals surface area contributed by atoms with Crippen LogP contribution in [0.25, 0.3) is 16.9 Å². The van der Waals surface area contributed by atoms with Crippen molar-refractivity contribution in [1.29, 1.82) is 0 Å². The lowest BCUT2D eigenvalue weighted by Gasteiger charge is -2.29. The van der Waals surface area contributed by atoms with Crippen LogP contribution in [0.5, 0.6) is 5.75 Å². The van der Waals surface area contributed by atoms with Gasteiger partial charge in [0.1, 0.15) is 23.5 Å². The van der Waals surface area contributed by atoms with Crippen LogP contribution in [0, 0.1) is 17.7 Å². The van der Waals surface area contributed by atoms with E-state index in [1.54, 1.807) is 6.92 Å². The summed E-state index contributed by atoms with van der Waals surface area (Å²) >= 11 is 0. The molecule has 0 spiro atoms. The van der Waals surface area contributed by atoms with Crippen LogP contribution in [0.4, 0.5) is 36.6 Å².